The molecule has 0 aliphatic rings. The van der Waals surface area contributed by atoms with Crippen molar-refractivity contribution in [2.24, 2.45) is 0 Å². The minimum atomic E-state index is -0.865. The van der Waals surface area contributed by atoms with E-state index >= 15 is 0 Å². The average molecular weight is 660 g/mol. The molecule has 4 heteroatoms. The lowest BCUT2D eigenvalue weighted by atomic mass is 10.0. The summed E-state index contributed by atoms with van der Waals surface area (Å²) in [6.45, 7) is 4.18. The van der Waals surface area contributed by atoms with Crippen LogP contribution in [0.2, 0.25) is 0 Å². The van der Waals surface area contributed by atoms with Crippen molar-refractivity contribution in [3.63, 3.8) is 0 Å². The summed E-state index contributed by atoms with van der Waals surface area (Å²) in [6, 6.07) is -0.640. The third kappa shape index (κ3) is 35.7. The molecule has 0 aromatic heterocycles. The number of amides is 1. The molecule has 2 atom stereocenters. The molecule has 4 nitrogen and oxygen atoms in total. The Kier molecular flexibility index (Phi) is 37.9. The van der Waals surface area contributed by atoms with E-state index in [1.54, 1.807) is 6.08 Å². The van der Waals surface area contributed by atoms with Crippen molar-refractivity contribution in [1.82, 2.24) is 5.32 Å². The molecule has 3 N–H and O–H groups in total. The van der Waals surface area contributed by atoms with Crippen molar-refractivity contribution in [1.29, 1.82) is 0 Å². The zero-order chi connectivity index (χ0) is 34.3. The van der Waals surface area contributed by atoms with E-state index in [0.29, 0.717) is 6.42 Å². The second-order valence-electron chi connectivity index (χ2n) is 14.0. The number of aliphatic hydroxyl groups excluding tert-OH is 2. The van der Waals surface area contributed by atoms with Gasteiger partial charge in [0.25, 0.3) is 0 Å². The quantitative estimate of drug-likeness (QED) is 0.0459. The van der Waals surface area contributed by atoms with Crippen LogP contribution in [0.3, 0.4) is 0 Å². The normalized spacial score (nSPS) is 13.4. The molecule has 0 aromatic carbocycles. The van der Waals surface area contributed by atoms with E-state index in [2.05, 4.69) is 43.5 Å². The maximum absolute atomic E-state index is 12.3. The number of hydrogen-bond acceptors (Lipinski definition) is 3. The van der Waals surface area contributed by atoms with Gasteiger partial charge in [-0.05, 0) is 38.5 Å². The highest BCUT2D eigenvalue weighted by molar-refractivity contribution is 5.76. The molecule has 47 heavy (non-hydrogen) atoms. The van der Waals surface area contributed by atoms with Crippen LogP contribution >= 0.6 is 0 Å². The second kappa shape index (κ2) is 39.1. The van der Waals surface area contributed by atoms with Gasteiger partial charge in [0.2, 0.25) is 5.91 Å². The third-order valence-electron chi connectivity index (χ3n) is 9.37. The molecule has 0 radical (unpaired) electrons. The van der Waals surface area contributed by atoms with Crippen LogP contribution < -0.4 is 5.32 Å². The zero-order valence-corrected chi connectivity index (χ0v) is 31.5. The maximum atomic E-state index is 12.3. The van der Waals surface area contributed by atoms with E-state index in [-0.39, 0.29) is 12.5 Å². The molecule has 0 aliphatic heterocycles. The van der Waals surface area contributed by atoms with Crippen LogP contribution in [0.25, 0.3) is 0 Å². The summed E-state index contributed by atoms with van der Waals surface area (Å²) in [5.74, 6) is -0.0781. The Balaban J connectivity index is 3.48. The molecule has 276 valence electrons. The van der Waals surface area contributed by atoms with Gasteiger partial charge in [-0.2, -0.15) is 0 Å². The fraction of sp³-hybridized carbons (Fsp3) is 0.837. The average Bonchev–Trinajstić information content (AvgIpc) is 3.07. The van der Waals surface area contributed by atoms with Crippen LogP contribution in [-0.4, -0.2) is 34.9 Å². The summed E-state index contributed by atoms with van der Waals surface area (Å²) in [7, 11) is 0. The first kappa shape index (κ1) is 45.6. The number of nitrogens with one attached hydrogen (secondary N) is 1. The second-order valence-corrected chi connectivity index (χ2v) is 14.0. The Morgan fingerprint density at radius 1 is 0.511 bits per heavy atom. The summed E-state index contributed by atoms with van der Waals surface area (Å²) in [4.78, 5) is 12.3. The van der Waals surface area contributed by atoms with Gasteiger partial charge in [0.1, 0.15) is 0 Å². The molecule has 0 bridgehead atoms. The lowest BCUT2D eigenvalue weighted by molar-refractivity contribution is -0.123. The standard InChI is InChI=1S/C43H81NO3/c1-3-5-7-9-11-13-15-16-17-18-19-20-21-22-23-24-25-26-27-28-29-31-33-35-37-39-43(47)44-41(40-45)42(46)38-36-34-32-30-14-12-10-8-6-4-2/h6,8,14,30,36,38,41-42,45-46H,3-5,7,9-13,15-29,31-35,37,39-40H2,1-2H3,(H,44,47)/b8-6+,30-14+,38-36+. The van der Waals surface area contributed by atoms with Gasteiger partial charge in [-0.25, -0.2) is 0 Å². The van der Waals surface area contributed by atoms with Crippen LogP contribution in [0, 0.1) is 0 Å². The Hall–Kier alpha value is -1.39. The first-order chi connectivity index (χ1) is 23.2. The summed E-state index contributed by atoms with van der Waals surface area (Å²) < 4.78 is 0. The number of unbranched alkanes of at least 4 members (excludes halogenated alkanes) is 26. The van der Waals surface area contributed by atoms with E-state index in [1.165, 1.54) is 148 Å². The van der Waals surface area contributed by atoms with Crippen molar-refractivity contribution in [2.45, 2.75) is 225 Å². The molecule has 2 unspecified atom stereocenters. The SMILES string of the molecule is CC/C=C/CC/C=C/CC/C=C/C(O)C(CO)NC(=O)CCCCCCCCCCCCCCCCCCCCCCCCCCC. The minimum Gasteiger partial charge on any atom is -0.394 e. The number of rotatable bonds is 37. The molecule has 0 fully saturated rings. The predicted octanol–water partition coefficient (Wildman–Crippen LogP) is 12.6. The fourth-order valence-corrected chi connectivity index (χ4v) is 6.22. The topological polar surface area (TPSA) is 69.6 Å². The van der Waals surface area contributed by atoms with Gasteiger partial charge in [-0.15, -0.1) is 0 Å². The smallest absolute Gasteiger partial charge is 0.220 e. The Bertz CT molecular complexity index is 716. The highest BCUT2D eigenvalue weighted by atomic mass is 16.3. The van der Waals surface area contributed by atoms with E-state index < -0.39 is 12.1 Å². The molecule has 1 amide bonds. The molecular weight excluding hydrogens is 578 g/mol. The lowest BCUT2D eigenvalue weighted by Crippen LogP contribution is -2.45. The highest BCUT2D eigenvalue weighted by Crippen LogP contribution is 2.16. The van der Waals surface area contributed by atoms with Gasteiger partial charge in [0.05, 0.1) is 18.8 Å². The Labute approximate surface area is 293 Å². The van der Waals surface area contributed by atoms with Crippen LogP contribution in [-0.2, 0) is 4.79 Å². The molecule has 0 saturated carbocycles. The maximum Gasteiger partial charge on any atom is 0.220 e. The summed E-state index contributed by atoms with van der Waals surface area (Å²) in [5, 5.41) is 22.8. The van der Waals surface area contributed by atoms with Crippen LogP contribution in [0.15, 0.2) is 36.5 Å². The van der Waals surface area contributed by atoms with Gasteiger partial charge >= 0.3 is 0 Å². The molecule has 0 heterocycles. The Morgan fingerprint density at radius 3 is 1.21 bits per heavy atom. The van der Waals surface area contributed by atoms with E-state index in [4.69, 9.17) is 0 Å². The zero-order valence-electron chi connectivity index (χ0n) is 31.5. The van der Waals surface area contributed by atoms with Gasteiger partial charge in [0, 0.05) is 6.42 Å². The number of carbonyl (C=O) groups is 1. The molecule has 0 rings (SSSR count). The number of aliphatic hydroxyl groups is 2. The van der Waals surface area contributed by atoms with Gasteiger partial charge in [0.15, 0.2) is 0 Å². The van der Waals surface area contributed by atoms with Gasteiger partial charge < -0.3 is 15.5 Å². The Morgan fingerprint density at radius 2 is 0.851 bits per heavy atom. The number of allylic oxidation sites excluding steroid dienone is 5. The third-order valence-corrected chi connectivity index (χ3v) is 9.37. The predicted molar refractivity (Wildman–Crippen MR) is 207 cm³/mol. The van der Waals surface area contributed by atoms with Crippen LogP contribution in [0.5, 0.6) is 0 Å². The largest absolute Gasteiger partial charge is 0.394 e. The molecule has 0 aromatic rings. The minimum absolute atomic E-state index is 0.0781. The first-order valence-corrected chi connectivity index (χ1v) is 20.7. The summed E-state index contributed by atoms with van der Waals surface area (Å²) in [6.07, 6.45) is 51.2. The van der Waals surface area contributed by atoms with Gasteiger partial charge in [-0.3, -0.25) is 4.79 Å². The van der Waals surface area contributed by atoms with Crippen molar-refractivity contribution in [2.75, 3.05) is 6.61 Å². The molecule has 0 aliphatic carbocycles. The van der Waals surface area contributed by atoms with Crippen LogP contribution in [0.1, 0.15) is 213 Å². The molecular formula is C43H81NO3. The number of carbonyl (C=O) groups excluding carboxylic acids is 1. The fourth-order valence-electron chi connectivity index (χ4n) is 6.22. The van der Waals surface area contributed by atoms with Gasteiger partial charge in [-0.1, -0.05) is 204 Å². The lowest BCUT2D eigenvalue weighted by Gasteiger charge is -2.19. The van der Waals surface area contributed by atoms with Crippen molar-refractivity contribution >= 4 is 5.91 Å². The van der Waals surface area contributed by atoms with Crippen molar-refractivity contribution < 1.29 is 15.0 Å². The van der Waals surface area contributed by atoms with E-state index in [9.17, 15) is 15.0 Å². The highest BCUT2D eigenvalue weighted by Gasteiger charge is 2.17. The number of hydrogen-bond donors (Lipinski definition) is 3. The first-order valence-electron chi connectivity index (χ1n) is 20.7. The summed E-state index contributed by atoms with van der Waals surface area (Å²) in [5.41, 5.74) is 0. The molecule has 0 spiro atoms. The summed E-state index contributed by atoms with van der Waals surface area (Å²) >= 11 is 0. The van der Waals surface area contributed by atoms with Crippen molar-refractivity contribution in [3.8, 4) is 0 Å². The van der Waals surface area contributed by atoms with E-state index in [1.807, 2.05) is 6.08 Å². The van der Waals surface area contributed by atoms with Crippen molar-refractivity contribution in [3.05, 3.63) is 36.5 Å². The molecule has 0 saturated heterocycles. The monoisotopic (exact) mass is 660 g/mol. The van der Waals surface area contributed by atoms with E-state index in [0.717, 1.165) is 44.9 Å². The van der Waals surface area contributed by atoms with Crippen LogP contribution in [0.4, 0.5) is 0 Å².